The standard InChI is InChI=1S/C22H26N2O4S/c1-13(2)16-10-7-15(8-11-16)9-12-17(25)23-20-18(22(27)28-6)14(3)19(29-20)21(26)24(4)5/h7-13H,1-6H3,(H,23,25). The molecule has 0 bridgehead atoms. The van der Waals surface area contributed by atoms with Gasteiger partial charge in [-0.15, -0.1) is 11.3 Å². The molecule has 1 aromatic heterocycles. The summed E-state index contributed by atoms with van der Waals surface area (Å²) in [4.78, 5) is 38.8. The fourth-order valence-corrected chi connectivity index (χ4v) is 3.89. The number of methoxy groups -OCH3 is 1. The number of ether oxygens (including phenoxy) is 1. The topological polar surface area (TPSA) is 75.7 Å². The fraction of sp³-hybridized carbons (Fsp3) is 0.318. The molecule has 7 heteroatoms. The van der Waals surface area contributed by atoms with Crippen molar-refractivity contribution in [3.8, 4) is 0 Å². The minimum absolute atomic E-state index is 0.200. The number of nitrogens with one attached hydrogen (secondary N) is 1. The van der Waals surface area contributed by atoms with Gasteiger partial charge in [0.1, 0.15) is 5.00 Å². The predicted molar refractivity (Wildman–Crippen MR) is 117 cm³/mol. The Morgan fingerprint density at radius 3 is 2.28 bits per heavy atom. The minimum Gasteiger partial charge on any atom is -0.465 e. The van der Waals surface area contributed by atoms with Gasteiger partial charge >= 0.3 is 5.97 Å². The molecule has 2 aromatic rings. The number of nitrogens with zero attached hydrogens (tertiary/aromatic N) is 1. The lowest BCUT2D eigenvalue weighted by Gasteiger charge is -2.08. The molecule has 0 spiro atoms. The zero-order chi connectivity index (χ0) is 21.7. The molecule has 0 saturated heterocycles. The maximum absolute atomic E-state index is 12.4. The molecule has 154 valence electrons. The van der Waals surface area contributed by atoms with Crippen LogP contribution in [0.15, 0.2) is 30.3 Å². The summed E-state index contributed by atoms with van der Waals surface area (Å²) in [6, 6.07) is 7.95. The highest BCUT2D eigenvalue weighted by Crippen LogP contribution is 2.34. The Morgan fingerprint density at radius 2 is 1.76 bits per heavy atom. The van der Waals surface area contributed by atoms with Gasteiger partial charge in [0.15, 0.2) is 0 Å². The van der Waals surface area contributed by atoms with Gasteiger partial charge in [0.25, 0.3) is 5.91 Å². The maximum atomic E-state index is 12.4. The van der Waals surface area contributed by atoms with Crippen LogP contribution in [0.1, 0.15) is 56.5 Å². The first-order valence-electron chi connectivity index (χ1n) is 9.18. The third-order valence-electron chi connectivity index (χ3n) is 4.40. The summed E-state index contributed by atoms with van der Waals surface area (Å²) in [7, 11) is 4.52. The van der Waals surface area contributed by atoms with Crippen LogP contribution >= 0.6 is 11.3 Å². The third kappa shape index (κ3) is 5.32. The summed E-state index contributed by atoms with van der Waals surface area (Å²) in [5, 5.41) is 3.00. The van der Waals surface area contributed by atoms with Crippen LogP contribution in [-0.2, 0) is 9.53 Å². The molecular formula is C22H26N2O4S. The average molecular weight is 415 g/mol. The van der Waals surface area contributed by atoms with Crippen LogP contribution in [-0.4, -0.2) is 43.9 Å². The van der Waals surface area contributed by atoms with Crippen LogP contribution in [0, 0.1) is 6.92 Å². The van der Waals surface area contributed by atoms with E-state index < -0.39 is 11.9 Å². The molecule has 0 atom stereocenters. The summed E-state index contributed by atoms with van der Waals surface area (Å²) in [6.45, 7) is 5.91. The highest BCUT2D eigenvalue weighted by Gasteiger charge is 2.26. The lowest BCUT2D eigenvalue weighted by atomic mass is 10.0. The maximum Gasteiger partial charge on any atom is 0.341 e. The van der Waals surface area contributed by atoms with Crippen molar-refractivity contribution in [3.63, 3.8) is 0 Å². The number of thiophene rings is 1. The molecule has 0 unspecified atom stereocenters. The molecule has 1 heterocycles. The number of anilines is 1. The van der Waals surface area contributed by atoms with Crippen molar-refractivity contribution in [2.75, 3.05) is 26.5 Å². The highest BCUT2D eigenvalue weighted by molar-refractivity contribution is 7.18. The number of hydrogen-bond acceptors (Lipinski definition) is 5. The van der Waals surface area contributed by atoms with Crippen LogP contribution in [0.4, 0.5) is 5.00 Å². The lowest BCUT2D eigenvalue weighted by Crippen LogP contribution is -2.21. The first-order chi connectivity index (χ1) is 13.6. The SMILES string of the molecule is COC(=O)c1c(NC(=O)C=Cc2ccc(C(C)C)cc2)sc(C(=O)N(C)C)c1C. The largest absolute Gasteiger partial charge is 0.465 e. The van der Waals surface area contributed by atoms with Crippen LogP contribution in [0.25, 0.3) is 6.08 Å². The zero-order valence-corrected chi connectivity index (χ0v) is 18.3. The molecule has 29 heavy (non-hydrogen) atoms. The van der Waals surface area contributed by atoms with E-state index in [1.165, 1.54) is 23.6 Å². The molecule has 0 fully saturated rings. The Morgan fingerprint density at radius 1 is 1.14 bits per heavy atom. The second-order valence-corrected chi connectivity index (χ2v) is 8.12. The molecule has 0 aliphatic heterocycles. The van der Waals surface area contributed by atoms with Crippen molar-refractivity contribution in [3.05, 3.63) is 57.5 Å². The van der Waals surface area contributed by atoms with Crippen molar-refractivity contribution in [2.45, 2.75) is 26.7 Å². The van der Waals surface area contributed by atoms with E-state index >= 15 is 0 Å². The lowest BCUT2D eigenvalue weighted by molar-refractivity contribution is -0.111. The highest BCUT2D eigenvalue weighted by atomic mass is 32.1. The van der Waals surface area contributed by atoms with Gasteiger partial charge < -0.3 is 15.0 Å². The van der Waals surface area contributed by atoms with Gasteiger partial charge in [-0.25, -0.2) is 4.79 Å². The summed E-state index contributed by atoms with van der Waals surface area (Å²) >= 11 is 1.06. The van der Waals surface area contributed by atoms with Crippen LogP contribution in [0.3, 0.4) is 0 Å². The van der Waals surface area contributed by atoms with Crippen LogP contribution < -0.4 is 5.32 Å². The summed E-state index contributed by atoms with van der Waals surface area (Å²) in [5.74, 6) is -0.790. The van der Waals surface area contributed by atoms with Gasteiger partial charge in [-0.05, 0) is 35.6 Å². The van der Waals surface area contributed by atoms with Crippen LogP contribution in [0.5, 0.6) is 0 Å². The molecular weight excluding hydrogens is 388 g/mol. The normalized spacial score (nSPS) is 11.0. The number of benzene rings is 1. The Kier molecular flexibility index (Phi) is 7.34. The Hall–Kier alpha value is -2.93. The molecule has 0 radical (unpaired) electrons. The van der Waals surface area contributed by atoms with Gasteiger partial charge in [-0.2, -0.15) is 0 Å². The van der Waals surface area contributed by atoms with E-state index in [-0.39, 0.29) is 11.5 Å². The Bertz CT molecular complexity index is 940. The quantitative estimate of drug-likeness (QED) is 0.564. The summed E-state index contributed by atoms with van der Waals surface area (Å²) in [5.41, 5.74) is 2.81. The van der Waals surface area contributed by atoms with Gasteiger partial charge in [0.2, 0.25) is 5.91 Å². The van der Waals surface area contributed by atoms with Crippen molar-refractivity contribution in [1.29, 1.82) is 0 Å². The first-order valence-corrected chi connectivity index (χ1v) is 9.99. The van der Waals surface area contributed by atoms with E-state index in [1.54, 1.807) is 27.1 Å². The molecule has 0 aliphatic rings. The molecule has 2 amide bonds. The molecule has 1 N–H and O–H groups in total. The molecule has 6 nitrogen and oxygen atoms in total. The second-order valence-electron chi connectivity index (χ2n) is 7.10. The van der Waals surface area contributed by atoms with E-state index in [4.69, 9.17) is 4.74 Å². The smallest absolute Gasteiger partial charge is 0.341 e. The number of hydrogen-bond donors (Lipinski definition) is 1. The Labute approximate surface area is 175 Å². The Balaban J connectivity index is 2.25. The van der Waals surface area contributed by atoms with E-state index in [0.29, 0.717) is 21.4 Å². The fourth-order valence-electron chi connectivity index (χ4n) is 2.67. The summed E-state index contributed by atoms with van der Waals surface area (Å²) in [6.07, 6.45) is 3.09. The number of carbonyl (C=O) groups excluding carboxylic acids is 3. The molecule has 0 saturated carbocycles. The predicted octanol–water partition coefficient (Wildman–Crippen LogP) is 4.32. The van der Waals surface area contributed by atoms with Crippen molar-refractivity contribution in [2.24, 2.45) is 0 Å². The molecule has 0 aliphatic carbocycles. The average Bonchev–Trinajstić information content (AvgIpc) is 3.01. The van der Waals surface area contributed by atoms with Crippen LogP contribution in [0.2, 0.25) is 0 Å². The van der Waals surface area contributed by atoms with Gasteiger partial charge in [0, 0.05) is 20.2 Å². The number of esters is 1. The van der Waals surface area contributed by atoms with E-state index in [1.807, 2.05) is 24.3 Å². The number of amides is 2. The van der Waals surface area contributed by atoms with Crippen molar-refractivity contribution >= 4 is 40.2 Å². The van der Waals surface area contributed by atoms with E-state index in [2.05, 4.69) is 19.2 Å². The monoisotopic (exact) mass is 414 g/mol. The molecule has 2 rings (SSSR count). The van der Waals surface area contributed by atoms with Crippen molar-refractivity contribution in [1.82, 2.24) is 4.90 Å². The summed E-state index contributed by atoms with van der Waals surface area (Å²) < 4.78 is 4.83. The minimum atomic E-state index is -0.597. The molecule has 1 aromatic carbocycles. The van der Waals surface area contributed by atoms with E-state index in [0.717, 1.165) is 16.9 Å². The zero-order valence-electron chi connectivity index (χ0n) is 17.5. The number of rotatable bonds is 6. The van der Waals surface area contributed by atoms with Gasteiger partial charge in [-0.1, -0.05) is 38.1 Å². The third-order valence-corrected chi connectivity index (χ3v) is 5.60. The van der Waals surface area contributed by atoms with E-state index in [9.17, 15) is 14.4 Å². The van der Waals surface area contributed by atoms with Crippen molar-refractivity contribution < 1.29 is 19.1 Å². The van der Waals surface area contributed by atoms with Gasteiger partial charge in [-0.3, -0.25) is 9.59 Å². The first kappa shape index (κ1) is 22.4. The number of carbonyl (C=O) groups is 3. The van der Waals surface area contributed by atoms with Gasteiger partial charge in [0.05, 0.1) is 17.6 Å². The second kappa shape index (κ2) is 9.52.